The molecule has 4 saturated carbocycles. The molecule has 1 amide bonds. The quantitative estimate of drug-likeness (QED) is 0.720. The van der Waals surface area contributed by atoms with Gasteiger partial charge in [-0.3, -0.25) is 9.69 Å². The fourth-order valence-electron chi connectivity index (χ4n) is 6.59. The van der Waals surface area contributed by atoms with Crippen molar-refractivity contribution in [1.29, 1.82) is 0 Å². The first-order chi connectivity index (χ1) is 13.5. The Morgan fingerprint density at radius 1 is 1.07 bits per heavy atom. The van der Waals surface area contributed by atoms with Gasteiger partial charge in [-0.15, -0.1) is 23.7 Å². The predicted octanol–water partition coefficient (Wildman–Crippen LogP) is 3.56. The van der Waals surface area contributed by atoms with Gasteiger partial charge in [0, 0.05) is 36.8 Å². The fraction of sp³-hybridized carbons (Fsp3) is 0.818. The van der Waals surface area contributed by atoms with Crippen LogP contribution in [0, 0.1) is 37.0 Å². The van der Waals surface area contributed by atoms with Crippen molar-refractivity contribution >= 4 is 29.7 Å². The lowest BCUT2D eigenvalue weighted by atomic mass is 9.49. The van der Waals surface area contributed by atoms with Crippen LogP contribution in [0.3, 0.4) is 0 Å². The third kappa shape index (κ3) is 4.10. The first-order valence-corrected chi connectivity index (χ1v) is 11.9. The lowest BCUT2D eigenvalue weighted by molar-refractivity contribution is -0.142. The molecule has 0 unspecified atom stereocenters. The van der Waals surface area contributed by atoms with Crippen molar-refractivity contribution < 1.29 is 9.53 Å². The summed E-state index contributed by atoms with van der Waals surface area (Å²) in [6.07, 6.45) is 7.38. The Balaban J connectivity index is 0.00000205. The predicted molar refractivity (Wildman–Crippen MR) is 117 cm³/mol. The van der Waals surface area contributed by atoms with Crippen molar-refractivity contribution in [3.63, 3.8) is 0 Å². The summed E-state index contributed by atoms with van der Waals surface area (Å²) in [7, 11) is 0. The van der Waals surface area contributed by atoms with Crippen LogP contribution in [-0.2, 0) is 16.1 Å². The molecule has 29 heavy (non-hydrogen) atoms. The van der Waals surface area contributed by atoms with Gasteiger partial charge in [0.05, 0.1) is 18.6 Å². The van der Waals surface area contributed by atoms with Gasteiger partial charge in [0.25, 0.3) is 5.91 Å². The second kappa shape index (κ2) is 8.45. The van der Waals surface area contributed by atoms with Gasteiger partial charge in [-0.2, -0.15) is 4.99 Å². The van der Waals surface area contributed by atoms with E-state index in [1.54, 1.807) is 11.3 Å². The maximum Gasteiger partial charge on any atom is 0.254 e. The summed E-state index contributed by atoms with van der Waals surface area (Å²) in [5.41, 5.74) is 1.12. The Kier molecular flexibility index (Phi) is 6.27. The molecule has 5 fully saturated rings. The smallest absolute Gasteiger partial charge is 0.254 e. The van der Waals surface area contributed by atoms with E-state index in [2.05, 4.69) is 23.3 Å². The molecule has 0 atom stereocenters. The van der Waals surface area contributed by atoms with Crippen molar-refractivity contribution in [3.8, 4) is 0 Å². The van der Waals surface area contributed by atoms with Crippen LogP contribution in [0.4, 0.5) is 0 Å². The molecule has 2 heterocycles. The summed E-state index contributed by atoms with van der Waals surface area (Å²) < 4.78 is 7.75. The van der Waals surface area contributed by atoms with E-state index in [1.807, 2.05) is 0 Å². The highest BCUT2D eigenvalue weighted by atomic mass is 35.5. The Labute approximate surface area is 183 Å². The average molecular weight is 440 g/mol. The number of thiazole rings is 1. The molecular formula is C22H34ClN3O2S. The number of aromatic nitrogens is 1. The molecule has 0 radical (unpaired) electrons. The molecule has 1 aromatic heterocycles. The van der Waals surface area contributed by atoms with E-state index >= 15 is 0 Å². The number of carbonyl (C=O) groups excluding carboxylic acids is 1. The minimum atomic E-state index is -0.136. The van der Waals surface area contributed by atoms with Gasteiger partial charge >= 0.3 is 0 Å². The zero-order valence-electron chi connectivity index (χ0n) is 17.7. The summed E-state index contributed by atoms with van der Waals surface area (Å²) in [4.78, 5) is 22.9. The lowest BCUT2D eigenvalue weighted by Crippen LogP contribution is -2.50. The molecule has 0 spiro atoms. The van der Waals surface area contributed by atoms with Gasteiger partial charge in [-0.25, -0.2) is 0 Å². The number of hydrogen-bond donors (Lipinski definition) is 0. The molecule has 1 aliphatic heterocycles. The first-order valence-electron chi connectivity index (χ1n) is 11.1. The van der Waals surface area contributed by atoms with Crippen molar-refractivity contribution in [1.82, 2.24) is 9.47 Å². The van der Waals surface area contributed by atoms with E-state index in [0.717, 1.165) is 81.2 Å². The number of halogens is 1. The standard InChI is InChI=1S/C22H33N3O2S.ClH/c1-15-16(2)28-21(25(15)4-3-24-5-7-27-8-6-24)23-20(26)22-12-17-9-18(13-22)11-19(10-17)14-22;/h17-19H,3-14H2,1-2H3;1H/b23-21-;. The summed E-state index contributed by atoms with van der Waals surface area (Å²) >= 11 is 1.69. The second-order valence-corrected chi connectivity index (χ2v) is 10.9. The van der Waals surface area contributed by atoms with Crippen LogP contribution < -0.4 is 4.80 Å². The second-order valence-electron chi connectivity index (χ2n) is 9.75. The van der Waals surface area contributed by atoms with Gasteiger partial charge < -0.3 is 9.30 Å². The number of hydrogen-bond acceptors (Lipinski definition) is 4. The lowest BCUT2D eigenvalue weighted by Gasteiger charge is -2.55. The van der Waals surface area contributed by atoms with Gasteiger partial charge in [-0.1, -0.05) is 0 Å². The van der Waals surface area contributed by atoms with Crippen LogP contribution in [0.2, 0.25) is 0 Å². The molecule has 6 rings (SSSR count). The molecule has 162 valence electrons. The maximum atomic E-state index is 13.4. The highest BCUT2D eigenvalue weighted by molar-refractivity contribution is 7.09. The molecule has 1 aromatic rings. The van der Waals surface area contributed by atoms with E-state index in [9.17, 15) is 4.79 Å². The van der Waals surface area contributed by atoms with Gasteiger partial charge in [0.15, 0.2) is 4.80 Å². The van der Waals surface area contributed by atoms with Gasteiger partial charge in [0.1, 0.15) is 0 Å². The Bertz CT molecular complexity index is 789. The molecule has 4 aliphatic carbocycles. The van der Waals surface area contributed by atoms with E-state index in [-0.39, 0.29) is 23.7 Å². The summed E-state index contributed by atoms with van der Waals surface area (Å²) in [6, 6.07) is 0. The molecule has 0 aromatic carbocycles. The highest BCUT2D eigenvalue weighted by Gasteiger charge is 2.54. The SMILES string of the molecule is Cc1s/c(=N\C(=O)C23CC4CC(CC(C4)C2)C3)n(CCN2CCOCC2)c1C.Cl. The van der Waals surface area contributed by atoms with Crippen molar-refractivity contribution in [2.24, 2.45) is 28.2 Å². The van der Waals surface area contributed by atoms with Gasteiger partial charge in [-0.05, 0) is 70.1 Å². The zero-order valence-corrected chi connectivity index (χ0v) is 19.3. The minimum Gasteiger partial charge on any atom is -0.379 e. The van der Waals surface area contributed by atoms with Crippen LogP contribution in [-0.4, -0.2) is 48.2 Å². The topological polar surface area (TPSA) is 46.8 Å². The molecule has 4 bridgehead atoms. The molecule has 7 heteroatoms. The fourth-order valence-corrected chi connectivity index (χ4v) is 7.59. The number of rotatable bonds is 4. The van der Waals surface area contributed by atoms with Crippen LogP contribution in [0.25, 0.3) is 0 Å². The molecule has 1 saturated heterocycles. The number of ether oxygens (including phenoxy) is 1. The maximum absolute atomic E-state index is 13.4. The van der Waals surface area contributed by atoms with E-state index in [4.69, 9.17) is 9.73 Å². The Morgan fingerprint density at radius 2 is 1.66 bits per heavy atom. The summed E-state index contributed by atoms with van der Waals surface area (Å²) in [5.74, 6) is 2.54. The third-order valence-electron chi connectivity index (χ3n) is 7.82. The van der Waals surface area contributed by atoms with Crippen LogP contribution in [0.5, 0.6) is 0 Å². The highest BCUT2D eigenvalue weighted by Crippen LogP contribution is 2.60. The van der Waals surface area contributed by atoms with Crippen LogP contribution in [0.1, 0.15) is 49.1 Å². The normalized spacial score (nSPS) is 34.4. The largest absolute Gasteiger partial charge is 0.379 e. The zero-order chi connectivity index (χ0) is 19.3. The van der Waals surface area contributed by atoms with E-state index < -0.39 is 0 Å². The van der Waals surface area contributed by atoms with E-state index in [0.29, 0.717) is 0 Å². The van der Waals surface area contributed by atoms with Crippen LogP contribution in [0.15, 0.2) is 4.99 Å². The third-order valence-corrected chi connectivity index (χ3v) is 8.92. The molecule has 5 nitrogen and oxygen atoms in total. The van der Waals surface area contributed by atoms with Crippen molar-refractivity contribution in [2.45, 2.75) is 58.9 Å². The van der Waals surface area contributed by atoms with Crippen LogP contribution >= 0.6 is 23.7 Å². The number of nitrogens with zero attached hydrogens (tertiary/aromatic N) is 3. The number of amides is 1. The monoisotopic (exact) mass is 439 g/mol. The summed E-state index contributed by atoms with van der Waals surface area (Å²) in [6.45, 7) is 9.88. The molecule has 0 N–H and O–H groups in total. The Morgan fingerprint density at radius 3 is 2.24 bits per heavy atom. The average Bonchev–Trinajstić information content (AvgIpc) is 2.93. The number of morpholine rings is 1. The van der Waals surface area contributed by atoms with E-state index in [1.165, 1.54) is 29.8 Å². The first kappa shape index (κ1) is 21.5. The minimum absolute atomic E-state index is 0. The van der Waals surface area contributed by atoms with Crippen molar-refractivity contribution in [2.75, 3.05) is 32.8 Å². The molecular weight excluding hydrogens is 406 g/mol. The number of carbonyl (C=O) groups is 1. The van der Waals surface area contributed by atoms with Crippen molar-refractivity contribution in [3.05, 3.63) is 15.4 Å². The molecule has 5 aliphatic rings. The summed E-state index contributed by atoms with van der Waals surface area (Å²) in [5, 5.41) is 0. The number of aryl methyl sites for hydroxylation is 1. The Hall–Kier alpha value is -0.690. The van der Waals surface area contributed by atoms with Gasteiger partial charge in [0.2, 0.25) is 0 Å².